The molecule has 230 valence electrons. The van der Waals surface area contributed by atoms with Crippen molar-refractivity contribution in [2.24, 2.45) is 0 Å². The molecule has 5 rings (SSSR count). The highest BCUT2D eigenvalue weighted by Gasteiger charge is 2.37. The van der Waals surface area contributed by atoms with Gasteiger partial charge >= 0.3 is 6.03 Å². The third-order valence-corrected chi connectivity index (χ3v) is 8.19. The van der Waals surface area contributed by atoms with Crippen molar-refractivity contribution in [1.82, 2.24) is 35.1 Å². The molecule has 3 heterocycles. The van der Waals surface area contributed by atoms with Crippen LogP contribution in [0.2, 0.25) is 0 Å². The summed E-state index contributed by atoms with van der Waals surface area (Å²) >= 11 is 0. The highest BCUT2D eigenvalue weighted by Crippen LogP contribution is 2.31. The van der Waals surface area contributed by atoms with E-state index in [1.165, 1.54) is 6.42 Å². The van der Waals surface area contributed by atoms with E-state index in [9.17, 15) is 9.59 Å². The lowest BCUT2D eigenvalue weighted by Gasteiger charge is -2.41. The predicted molar refractivity (Wildman–Crippen MR) is 163 cm³/mol. The molecule has 2 aliphatic rings. The lowest BCUT2D eigenvalue weighted by molar-refractivity contribution is -0.125. The fourth-order valence-corrected chi connectivity index (χ4v) is 5.75. The molecule has 1 atom stereocenters. The van der Waals surface area contributed by atoms with Crippen LogP contribution >= 0.6 is 0 Å². The summed E-state index contributed by atoms with van der Waals surface area (Å²) in [5, 5.41) is 6.25. The topological polar surface area (TPSA) is 127 Å². The summed E-state index contributed by atoms with van der Waals surface area (Å²) < 4.78 is 12.8. The normalized spacial score (nSPS) is 17.6. The molecule has 3 aromatic rings. The molecule has 2 fully saturated rings. The number of carbonyl (C=O) groups is 2. The molecule has 12 heteroatoms. The van der Waals surface area contributed by atoms with E-state index in [1.54, 1.807) is 42.4 Å². The number of urea groups is 1. The molecule has 1 saturated carbocycles. The molecule has 0 bridgehead atoms. The van der Waals surface area contributed by atoms with Crippen LogP contribution in [0.5, 0.6) is 11.5 Å². The first-order chi connectivity index (χ1) is 20.9. The summed E-state index contributed by atoms with van der Waals surface area (Å²) in [4.78, 5) is 44.9. The molecular weight excluding hydrogens is 548 g/mol. The van der Waals surface area contributed by atoms with Crippen LogP contribution in [0.15, 0.2) is 43.0 Å². The maximum Gasteiger partial charge on any atom is 0.318 e. The van der Waals surface area contributed by atoms with Gasteiger partial charge in [0, 0.05) is 56.2 Å². The minimum absolute atomic E-state index is 0.136. The number of nitrogens with one attached hydrogen (secondary N) is 2. The van der Waals surface area contributed by atoms with Gasteiger partial charge in [-0.15, -0.1) is 0 Å². The summed E-state index contributed by atoms with van der Waals surface area (Å²) in [5.74, 6) is 2.30. The van der Waals surface area contributed by atoms with Gasteiger partial charge in [0.05, 0.1) is 19.9 Å². The van der Waals surface area contributed by atoms with E-state index in [4.69, 9.17) is 19.4 Å². The zero-order chi connectivity index (χ0) is 30.3. The fourth-order valence-electron chi connectivity index (χ4n) is 5.75. The van der Waals surface area contributed by atoms with Gasteiger partial charge in [-0.05, 0) is 24.8 Å². The molecule has 0 spiro atoms. The molecule has 2 N–H and O–H groups in total. The Balaban J connectivity index is 1.40. The predicted octanol–water partition coefficient (Wildman–Crippen LogP) is 3.65. The monoisotopic (exact) mass is 590 g/mol. The first kappa shape index (κ1) is 30.1. The molecule has 1 aliphatic heterocycles. The molecule has 43 heavy (non-hydrogen) atoms. The van der Waals surface area contributed by atoms with E-state index in [0.29, 0.717) is 36.4 Å². The van der Waals surface area contributed by atoms with E-state index in [1.807, 2.05) is 24.3 Å². The van der Waals surface area contributed by atoms with Crippen molar-refractivity contribution in [2.45, 2.75) is 70.5 Å². The van der Waals surface area contributed by atoms with Gasteiger partial charge < -0.3 is 29.9 Å². The first-order valence-electron chi connectivity index (χ1n) is 15.0. The minimum Gasteiger partial charge on any atom is -0.493 e. The summed E-state index contributed by atoms with van der Waals surface area (Å²) in [6.45, 7) is 5.59. The summed E-state index contributed by atoms with van der Waals surface area (Å²) in [7, 11) is 3.15. The van der Waals surface area contributed by atoms with E-state index in [2.05, 4.69) is 34.4 Å². The van der Waals surface area contributed by atoms with Crippen molar-refractivity contribution in [3.05, 3.63) is 54.2 Å². The average Bonchev–Trinajstić information content (AvgIpc) is 3.58. The number of hydrogen-bond acceptors (Lipinski definition) is 8. The van der Waals surface area contributed by atoms with Gasteiger partial charge in [-0.25, -0.2) is 14.8 Å². The number of para-hydroxylation sites is 1. The number of imidazole rings is 1. The number of piperazine rings is 1. The zero-order valence-electron chi connectivity index (χ0n) is 25.5. The average molecular weight is 591 g/mol. The number of amides is 3. The van der Waals surface area contributed by atoms with E-state index < -0.39 is 6.04 Å². The number of anilines is 1. The maximum atomic E-state index is 13.9. The maximum absolute atomic E-state index is 13.9. The molecule has 12 nitrogen and oxygen atoms in total. The Morgan fingerprint density at radius 2 is 1.88 bits per heavy atom. The van der Waals surface area contributed by atoms with Gasteiger partial charge in [0.15, 0.2) is 11.5 Å². The van der Waals surface area contributed by atoms with Crippen LogP contribution in [0.4, 0.5) is 10.6 Å². The number of ether oxygens (including phenoxy) is 2. The van der Waals surface area contributed by atoms with E-state index in [0.717, 1.165) is 36.9 Å². The smallest absolute Gasteiger partial charge is 0.318 e. The third-order valence-electron chi connectivity index (χ3n) is 8.19. The van der Waals surface area contributed by atoms with Gasteiger partial charge in [-0.2, -0.15) is 4.98 Å². The Hall–Kier alpha value is -4.35. The standard InChI is InChI=1S/C31H42N8O4/c1-21(2)24-17-27(36-30(35-24)38-14-13-32-20-38)37-15-16-39(31(41)34-23-10-6-5-7-11-23)25(19-37)29(40)33-18-22-9-8-12-26(42-3)28(22)43-4/h8-9,12-14,17,20-21,23,25H,5-7,10-11,15-16,18-19H2,1-4H3,(H,33,40)(H,34,41). The van der Waals surface area contributed by atoms with Gasteiger partial charge in [0.25, 0.3) is 0 Å². The number of benzene rings is 1. The zero-order valence-corrected chi connectivity index (χ0v) is 25.5. The molecule has 1 aliphatic carbocycles. The van der Waals surface area contributed by atoms with Crippen LogP contribution in [0.25, 0.3) is 5.95 Å². The van der Waals surface area contributed by atoms with Gasteiger partial charge in [0.1, 0.15) is 18.2 Å². The van der Waals surface area contributed by atoms with Gasteiger partial charge in [-0.3, -0.25) is 9.36 Å². The second-order valence-corrected chi connectivity index (χ2v) is 11.4. The van der Waals surface area contributed by atoms with Crippen LogP contribution in [0.1, 0.15) is 63.1 Å². The quantitative estimate of drug-likeness (QED) is 0.387. The number of carbonyl (C=O) groups excluding carboxylic acids is 2. The van der Waals surface area contributed by atoms with Crippen LogP contribution in [-0.4, -0.2) is 82.3 Å². The lowest BCUT2D eigenvalue weighted by atomic mass is 9.95. The fraction of sp³-hybridized carbons (Fsp3) is 0.516. The first-order valence-corrected chi connectivity index (χ1v) is 15.0. The number of hydrogen-bond donors (Lipinski definition) is 2. The summed E-state index contributed by atoms with van der Waals surface area (Å²) in [5.41, 5.74) is 1.67. The van der Waals surface area contributed by atoms with Crippen molar-refractivity contribution < 1.29 is 19.1 Å². The van der Waals surface area contributed by atoms with Gasteiger partial charge in [-0.1, -0.05) is 45.2 Å². The lowest BCUT2D eigenvalue weighted by Crippen LogP contribution is -2.63. The van der Waals surface area contributed by atoms with E-state index in [-0.39, 0.29) is 37.0 Å². The molecule has 1 aromatic carbocycles. The van der Waals surface area contributed by atoms with Crippen LogP contribution < -0.4 is 25.0 Å². The molecular formula is C31H42N8O4. The summed E-state index contributed by atoms with van der Waals surface area (Å²) in [6.07, 6.45) is 10.5. The Bertz CT molecular complexity index is 1390. The highest BCUT2D eigenvalue weighted by molar-refractivity contribution is 5.88. The molecule has 1 saturated heterocycles. The second-order valence-electron chi connectivity index (χ2n) is 11.4. The Morgan fingerprint density at radius 3 is 2.58 bits per heavy atom. The third kappa shape index (κ3) is 7.00. The molecule has 2 aromatic heterocycles. The number of aromatic nitrogens is 4. The van der Waals surface area contributed by atoms with E-state index >= 15 is 0 Å². The van der Waals surface area contributed by atoms with Crippen LogP contribution in [0, 0.1) is 0 Å². The van der Waals surface area contributed by atoms with Crippen molar-refractivity contribution in [3.8, 4) is 17.4 Å². The number of nitrogens with zero attached hydrogens (tertiary/aromatic N) is 6. The highest BCUT2D eigenvalue weighted by atomic mass is 16.5. The Labute approximate surface area is 252 Å². The molecule has 1 unspecified atom stereocenters. The molecule has 0 radical (unpaired) electrons. The minimum atomic E-state index is -0.733. The van der Waals surface area contributed by atoms with Crippen molar-refractivity contribution in [3.63, 3.8) is 0 Å². The van der Waals surface area contributed by atoms with Crippen molar-refractivity contribution >= 4 is 17.8 Å². The number of rotatable bonds is 9. The summed E-state index contributed by atoms with van der Waals surface area (Å²) in [6, 6.07) is 6.73. The SMILES string of the molecule is COc1cccc(CNC(=O)C2CN(c3cc(C(C)C)nc(-n4ccnc4)n3)CCN2C(=O)NC2CCCCC2)c1OC. The van der Waals surface area contributed by atoms with Crippen LogP contribution in [-0.2, 0) is 11.3 Å². The van der Waals surface area contributed by atoms with Crippen LogP contribution in [0.3, 0.4) is 0 Å². The van der Waals surface area contributed by atoms with Crippen molar-refractivity contribution in [1.29, 1.82) is 0 Å². The second kappa shape index (κ2) is 13.7. The largest absolute Gasteiger partial charge is 0.493 e. The Morgan fingerprint density at radius 1 is 1.07 bits per heavy atom. The van der Waals surface area contributed by atoms with Gasteiger partial charge in [0.2, 0.25) is 11.9 Å². The Kier molecular flexibility index (Phi) is 9.63. The molecule has 3 amide bonds. The van der Waals surface area contributed by atoms with Crippen molar-refractivity contribution in [2.75, 3.05) is 38.8 Å². The number of methoxy groups -OCH3 is 2.